The number of hydrogen-bond acceptors (Lipinski definition) is 4. The van der Waals surface area contributed by atoms with E-state index < -0.39 is 6.10 Å². The van der Waals surface area contributed by atoms with Gasteiger partial charge in [-0.05, 0) is 23.3 Å². The van der Waals surface area contributed by atoms with E-state index in [0.29, 0.717) is 23.1 Å². The summed E-state index contributed by atoms with van der Waals surface area (Å²) in [5.41, 5.74) is 7.23. The first-order chi connectivity index (χ1) is 10.2. The van der Waals surface area contributed by atoms with Gasteiger partial charge in [0.05, 0.1) is 12.1 Å². The Balaban J connectivity index is 2.13. The third-order valence-electron chi connectivity index (χ3n) is 3.09. The molecule has 0 radical (unpaired) electrons. The van der Waals surface area contributed by atoms with Gasteiger partial charge in [0.25, 0.3) is 0 Å². The quantitative estimate of drug-likeness (QED) is 0.861. The van der Waals surface area contributed by atoms with Gasteiger partial charge in [-0.3, -0.25) is 0 Å². The van der Waals surface area contributed by atoms with Crippen LogP contribution >= 0.6 is 11.6 Å². The van der Waals surface area contributed by atoms with Crippen LogP contribution in [0, 0.1) is 0 Å². The Labute approximate surface area is 129 Å². The van der Waals surface area contributed by atoms with E-state index >= 15 is 0 Å². The molecule has 0 aromatic heterocycles. The standard InChI is InChI=1S/C16H18ClNO3/c1-20-15-8-11(9-18)7-13(17)16(15)21-10-14(19)12-5-3-2-4-6-12/h2-8,14,19H,9-10,18H2,1H3. The topological polar surface area (TPSA) is 64.7 Å². The lowest BCUT2D eigenvalue weighted by atomic mass is 10.1. The van der Waals surface area contributed by atoms with Crippen molar-refractivity contribution < 1.29 is 14.6 Å². The average molecular weight is 308 g/mol. The summed E-state index contributed by atoms with van der Waals surface area (Å²) >= 11 is 6.18. The van der Waals surface area contributed by atoms with Crippen LogP contribution in [0.3, 0.4) is 0 Å². The van der Waals surface area contributed by atoms with E-state index in [1.54, 1.807) is 12.1 Å². The summed E-state index contributed by atoms with van der Waals surface area (Å²) in [6.07, 6.45) is -0.735. The first kappa shape index (κ1) is 15.6. The molecule has 0 aliphatic carbocycles. The molecular weight excluding hydrogens is 290 g/mol. The summed E-state index contributed by atoms with van der Waals surface area (Å²) in [7, 11) is 1.53. The molecule has 0 fully saturated rings. The summed E-state index contributed by atoms with van der Waals surface area (Å²) in [6.45, 7) is 0.449. The maximum Gasteiger partial charge on any atom is 0.179 e. The second-order valence-corrected chi connectivity index (χ2v) is 4.96. The highest BCUT2D eigenvalue weighted by Crippen LogP contribution is 2.36. The van der Waals surface area contributed by atoms with Gasteiger partial charge in [0.2, 0.25) is 0 Å². The Hall–Kier alpha value is -1.75. The second kappa shape index (κ2) is 7.31. The number of aliphatic hydroxyl groups is 1. The van der Waals surface area contributed by atoms with Crippen molar-refractivity contribution in [2.24, 2.45) is 5.73 Å². The summed E-state index contributed by atoms with van der Waals surface area (Å²) in [6, 6.07) is 12.8. The number of benzene rings is 2. The van der Waals surface area contributed by atoms with Crippen molar-refractivity contribution in [3.63, 3.8) is 0 Å². The Morgan fingerprint density at radius 2 is 1.95 bits per heavy atom. The molecule has 21 heavy (non-hydrogen) atoms. The van der Waals surface area contributed by atoms with Crippen LogP contribution in [0.5, 0.6) is 11.5 Å². The number of ether oxygens (including phenoxy) is 2. The molecular formula is C16H18ClNO3. The summed E-state index contributed by atoms with van der Waals surface area (Å²) in [5, 5.41) is 10.5. The maximum atomic E-state index is 10.1. The first-order valence-corrected chi connectivity index (χ1v) is 6.95. The van der Waals surface area contributed by atoms with Gasteiger partial charge in [0, 0.05) is 6.54 Å². The summed E-state index contributed by atoms with van der Waals surface area (Å²) < 4.78 is 10.9. The molecule has 2 rings (SSSR count). The zero-order valence-corrected chi connectivity index (χ0v) is 12.5. The number of nitrogens with two attached hydrogens (primary N) is 1. The molecule has 4 nitrogen and oxygen atoms in total. The van der Waals surface area contributed by atoms with Crippen molar-refractivity contribution in [2.45, 2.75) is 12.6 Å². The van der Waals surface area contributed by atoms with E-state index in [1.165, 1.54) is 7.11 Å². The zero-order valence-electron chi connectivity index (χ0n) is 11.8. The zero-order chi connectivity index (χ0) is 15.2. The van der Waals surface area contributed by atoms with Gasteiger partial charge in [0.1, 0.15) is 12.7 Å². The van der Waals surface area contributed by atoms with Gasteiger partial charge in [0.15, 0.2) is 11.5 Å². The van der Waals surface area contributed by atoms with Crippen LogP contribution in [0.4, 0.5) is 0 Å². The molecule has 0 heterocycles. The Morgan fingerprint density at radius 3 is 2.57 bits per heavy atom. The van der Waals surface area contributed by atoms with E-state index in [9.17, 15) is 5.11 Å². The van der Waals surface area contributed by atoms with Crippen molar-refractivity contribution >= 4 is 11.6 Å². The van der Waals surface area contributed by atoms with Crippen LogP contribution in [-0.4, -0.2) is 18.8 Å². The predicted octanol–water partition coefficient (Wildman–Crippen LogP) is 2.92. The lowest BCUT2D eigenvalue weighted by Crippen LogP contribution is -2.10. The third kappa shape index (κ3) is 3.88. The lowest BCUT2D eigenvalue weighted by Gasteiger charge is -2.16. The molecule has 0 amide bonds. The number of aliphatic hydroxyl groups excluding tert-OH is 1. The van der Waals surface area contributed by atoms with Crippen molar-refractivity contribution in [1.29, 1.82) is 0 Å². The predicted molar refractivity (Wildman–Crippen MR) is 82.8 cm³/mol. The largest absolute Gasteiger partial charge is 0.493 e. The fourth-order valence-corrected chi connectivity index (χ4v) is 2.25. The molecule has 0 aliphatic heterocycles. The van der Waals surface area contributed by atoms with Gasteiger partial charge in [-0.25, -0.2) is 0 Å². The van der Waals surface area contributed by atoms with Gasteiger partial charge < -0.3 is 20.3 Å². The Bertz CT molecular complexity index is 590. The van der Waals surface area contributed by atoms with Crippen molar-refractivity contribution in [1.82, 2.24) is 0 Å². The van der Waals surface area contributed by atoms with Crippen molar-refractivity contribution in [3.8, 4) is 11.5 Å². The SMILES string of the molecule is COc1cc(CN)cc(Cl)c1OCC(O)c1ccccc1. The Kier molecular flexibility index (Phi) is 5.44. The minimum atomic E-state index is -0.735. The molecule has 0 bridgehead atoms. The van der Waals surface area contributed by atoms with Gasteiger partial charge in [-0.15, -0.1) is 0 Å². The van der Waals surface area contributed by atoms with E-state index in [1.807, 2.05) is 30.3 Å². The van der Waals surface area contributed by atoms with E-state index in [4.69, 9.17) is 26.8 Å². The molecule has 3 N–H and O–H groups in total. The first-order valence-electron chi connectivity index (χ1n) is 6.58. The van der Waals surface area contributed by atoms with Gasteiger partial charge in [-0.2, -0.15) is 0 Å². The molecule has 1 atom stereocenters. The molecule has 0 saturated heterocycles. The second-order valence-electron chi connectivity index (χ2n) is 4.55. The van der Waals surface area contributed by atoms with Crippen LogP contribution in [0.15, 0.2) is 42.5 Å². The lowest BCUT2D eigenvalue weighted by molar-refractivity contribution is 0.106. The molecule has 2 aromatic carbocycles. The van der Waals surface area contributed by atoms with Gasteiger partial charge >= 0.3 is 0 Å². The highest BCUT2D eigenvalue weighted by Gasteiger charge is 2.14. The molecule has 0 spiro atoms. The molecule has 2 aromatic rings. The Morgan fingerprint density at radius 1 is 1.24 bits per heavy atom. The number of hydrogen-bond donors (Lipinski definition) is 2. The summed E-state index contributed by atoms with van der Waals surface area (Å²) in [4.78, 5) is 0. The molecule has 0 saturated carbocycles. The van der Waals surface area contributed by atoms with Crippen LogP contribution in [0.1, 0.15) is 17.2 Å². The third-order valence-corrected chi connectivity index (χ3v) is 3.38. The average Bonchev–Trinajstić information content (AvgIpc) is 2.53. The maximum absolute atomic E-state index is 10.1. The van der Waals surface area contributed by atoms with Crippen molar-refractivity contribution in [3.05, 3.63) is 58.6 Å². The highest BCUT2D eigenvalue weighted by atomic mass is 35.5. The van der Waals surface area contributed by atoms with Gasteiger partial charge in [-0.1, -0.05) is 41.9 Å². The van der Waals surface area contributed by atoms with E-state index in [2.05, 4.69) is 0 Å². The van der Waals surface area contributed by atoms with Crippen LogP contribution in [-0.2, 0) is 6.54 Å². The number of methoxy groups -OCH3 is 1. The van der Waals surface area contributed by atoms with E-state index in [0.717, 1.165) is 11.1 Å². The fraction of sp³-hybridized carbons (Fsp3) is 0.250. The molecule has 1 unspecified atom stereocenters. The van der Waals surface area contributed by atoms with Crippen LogP contribution < -0.4 is 15.2 Å². The van der Waals surface area contributed by atoms with Crippen LogP contribution in [0.2, 0.25) is 5.02 Å². The highest BCUT2D eigenvalue weighted by molar-refractivity contribution is 6.32. The molecule has 0 aliphatic rings. The van der Waals surface area contributed by atoms with Crippen LogP contribution in [0.25, 0.3) is 0 Å². The van der Waals surface area contributed by atoms with Crippen molar-refractivity contribution in [2.75, 3.05) is 13.7 Å². The minimum absolute atomic E-state index is 0.0854. The smallest absolute Gasteiger partial charge is 0.179 e. The number of rotatable bonds is 6. The molecule has 112 valence electrons. The minimum Gasteiger partial charge on any atom is -0.493 e. The normalized spacial score (nSPS) is 12.0. The van der Waals surface area contributed by atoms with E-state index in [-0.39, 0.29) is 6.61 Å². The fourth-order valence-electron chi connectivity index (χ4n) is 1.96. The molecule has 5 heteroatoms. The monoisotopic (exact) mass is 307 g/mol. The summed E-state index contributed by atoms with van der Waals surface area (Å²) in [5.74, 6) is 0.912. The number of halogens is 1.